The SMILES string of the molecule is O=C(Nc1ccc(Oc2cccc3c2CCC3=O)nc1)c1ccc(Cl)c(Cl)c1. The van der Waals surface area contributed by atoms with Gasteiger partial charge in [-0.25, -0.2) is 4.98 Å². The van der Waals surface area contributed by atoms with Crippen LogP contribution in [0.2, 0.25) is 10.0 Å². The first-order valence-corrected chi connectivity index (χ1v) is 9.32. The van der Waals surface area contributed by atoms with E-state index in [1.165, 1.54) is 12.3 Å². The van der Waals surface area contributed by atoms with Crippen LogP contribution in [0.15, 0.2) is 54.7 Å². The summed E-state index contributed by atoms with van der Waals surface area (Å²) < 4.78 is 5.83. The van der Waals surface area contributed by atoms with Crippen molar-refractivity contribution in [2.24, 2.45) is 0 Å². The van der Waals surface area contributed by atoms with Crippen LogP contribution >= 0.6 is 23.2 Å². The fraction of sp³-hybridized carbons (Fsp3) is 0.0952. The van der Waals surface area contributed by atoms with E-state index in [1.807, 2.05) is 12.1 Å². The van der Waals surface area contributed by atoms with Gasteiger partial charge in [-0.2, -0.15) is 0 Å². The van der Waals surface area contributed by atoms with Gasteiger partial charge in [0.1, 0.15) is 5.75 Å². The van der Waals surface area contributed by atoms with Gasteiger partial charge >= 0.3 is 0 Å². The number of ketones is 1. The number of carbonyl (C=O) groups is 2. The summed E-state index contributed by atoms with van der Waals surface area (Å²) in [6, 6.07) is 13.4. The minimum absolute atomic E-state index is 0.133. The van der Waals surface area contributed by atoms with Crippen molar-refractivity contribution in [3.05, 3.63) is 81.5 Å². The third kappa shape index (κ3) is 3.72. The third-order valence-electron chi connectivity index (χ3n) is 4.43. The number of hydrogen-bond donors (Lipinski definition) is 1. The van der Waals surface area contributed by atoms with Gasteiger partial charge in [-0.3, -0.25) is 9.59 Å². The molecule has 1 aliphatic rings. The van der Waals surface area contributed by atoms with Crippen molar-refractivity contribution < 1.29 is 14.3 Å². The quantitative estimate of drug-likeness (QED) is 0.608. The molecule has 1 N–H and O–H groups in total. The van der Waals surface area contributed by atoms with Gasteiger partial charge in [0.05, 0.1) is 21.9 Å². The van der Waals surface area contributed by atoms with Crippen LogP contribution in [0.5, 0.6) is 11.6 Å². The third-order valence-corrected chi connectivity index (χ3v) is 5.17. The number of nitrogens with zero attached hydrogens (tertiary/aromatic N) is 1. The van der Waals surface area contributed by atoms with Gasteiger partial charge in [-0.1, -0.05) is 35.3 Å². The zero-order chi connectivity index (χ0) is 19.7. The molecule has 0 unspecified atom stereocenters. The summed E-state index contributed by atoms with van der Waals surface area (Å²) in [6.45, 7) is 0. The van der Waals surface area contributed by atoms with Gasteiger partial charge < -0.3 is 10.1 Å². The Labute approximate surface area is 171 Å². The average Bonchev–Trinajstić information content (AvgIpc) is 3.07. The fourth-order valence-corrected chi connectivity index (χ4v) is 3.32. The number of rotatable bonds is 4. The number of fused-ring (bicyclic) bond motifs is 1. The first-order chi connectivity index (χ1) is 13.5. The van der Waals surface area contributed by atoms with Crippen LogP contribution in [0, 0.1) is 0 Å². The van der Waals surface area contributed by atoms with E-state index in [1.54, 1.807) is 30.3 Å². The minimum atomic E-state index is -0.326. The Hall–Kier alpha value is -2.89. The monoisotopic (exact) mass is 412 g/mol. The number of amides is 1. The van der Waals surface area contributed by atoms with E-state index < -0.39 is 0 Å². The second-order valence-corrected chi connectivity index (χ2v) is 7.09. The van der Waals surface area contributed by atoms with Crippen LogP contribution in [0.4, 0.5) is 5.69 Å². The molecule has 1 heterocycles. The molecule has 5 nitrogen and oxygen atoms in total. The van der Waals surface area contributed by atoms with Crippen LogP contribution < -0.4 is 10.1 Å². The number of carbonyl (C=O) groups excluding carboxylic acids is 2. The molecule has 0 saturated heterocycles. The van der Waals surface area contributed by atoms with Crippen molar-refractivity contribution >= 4 is 40.6 Å². The summed E-state index contributed by atoms with van der Waals surface area (Å²) in [4.78, 5) is 28.4. The normalized spacial score (nSPS) is 12.6. The Morgan fingerprint density at radius 3 is 2.64 bits per heavy atom. The second-order valence-electron chi connectivity index (χ2n) is 6.28. The van der Waals surface area contributed by atoms with E-state index in [-0.39, 0.29) is 11.7 Å². The molecular formula is C21H14Cl2N2O3. The van der Waals surface area contributed by atoms with Gasteiger partial charge in [0, 0.05) is 29.2 Å². The standard InChI is InChI=1S/C21H14Cl2N2O3/c22-16-7-4-12(10-17(16)23)21(27)25-13-5-9-20(24-11-13)28-19-3-1-2-14-15(19)6-8-18(14)26/h1-5,7,9-11H,6,8H2,(H,25,27). The molecule has 3 aromatic rings. The highest BCUT2D eigenvalue weighted by atomic mass is 35.5. The fourth-order valence-electron chi connectivity index (χ4n) is 3.02. The van der Waals surface area contributed by atoms with Gasteiger partial charge in [-0.05, 0) is 36.8 Å². The molecule has 7 heteroatoms. The van der Waals surface area contributed by atoms with Crippen molar-refractivity contribution in [1.82, 2.24) is 4.98 Å². The molecule has 0 saturated carbocycles. The lowest BCUT2D eigenvalue weighted by molar-refractivity contribution is 0.0992. The molecule has 28 heavy (non-hydrogen) atoms. The van der Waals surface area contributed by atoms with Gasteiger partial charge in [0.25, 0.3) is 5.91 Å². The first kappa shape index (κ1) is 18.5. The Bertz CT molecular complexity index is 1080. The van der Waals surface area contributed by atoms with E-state index in [4.69, 9.17) is 27.9 Å². The molecule has 4 rings (SSSR count). The summed E-state index contributed by atoms with van der Waals surface area (Å²) in [5.74, 6) is 0.811. The average molecular weight is 413 g/mol. The number of hydrogen-bond acceptors (Lipinski definition) is 4. The van der Waals surface area contributed by atoms with Crippen LogP contribution in [0.25, 0.3) is 0 Å². The number of anilines is 1. The number of ether oxygens (including phenoxy) is 1. The molecule has 0 spiro atoms. The number of Topliss-reactive ketones (excluding diaryl/α,β-unsaturated/α-hetero) is 1. The Morgan fingerprint density at radius 1 is 1.04 bits per heavy atom. The molecule has 140 valence electrons. The van der Waals surface area contributed by atoms with Crippen molar-refractivity contribution in [1.29, 1.82) is 0 Å². The molecule has 1 aromatic heterocycles. The van der Waals surface area contributed by atoms with Crippen molar-refractivity contribution in [3.8, 4) is 11.6 Å². The predicted molar refractivity (Wildman–Crippen MR) is 108 cm³/mol. The summed E-state index contributed by atoms with van der Waals surface area (Å²) in [5, 5.41) is 3.44. The lowest BCUT2D eigenvalue weighted by atomic mass is 10.1. The summed E-state index contributed by atoms with van der Waals surface area (Å²) >= 11 is 11.8. The van der Waals surface area contributed by atoms with Gasteiger partial charge in [0.2, 0.25) is 5.88 Å². The molecule has 0 atom stereocenters. The maximum Gasteiger partial charge on any atom is 0.255 e. The van der Waals surface area contributed by atoms with Crippen molar-refractivity contribution in [2.75, 3.05) is 5.32 Å². The Morgan fingerprint density at radius 2 is 1.89 bits per heavy atom. The van der Waals surface area contributed by atoms with E-state index >= 15 is 0 Å². The Balaban J connectivity index is 1.47. The number of benzene rings is 2. The maximum absolute atomic E-state index is 12.3. The van der Waals surface area contributed by atoms with Gasteiger partial charge in [-0.15, -0.1) is 0 Å². The molecule has 0 radical (unpaired) electrons. The largest absolute Gasteiger partial charge is 0.439 e. The molecular weight excluding hydrogens is 399 g/mol. The topological polar surface area (TPSA) is 68.3 Å². The predicted octanol–water partition coefficient (Wildman–Crippen LogP) is 5.56. The maximum atomic E-state index is 12.3. The molecule has 0 aliphatic heterocycles. The van der Waals surface area contributed by atoms with E-state index in [0.29, 0.717) is 51.3 Å². The number of aromatic nitrogens is 1. The van der Waals surface area contributed by atoms with Crippen molar-refractivity contribution in [2.45, 2.75) is 12.8 Å². The number of pyridine rings is 1. The molecule has 1 aliphatic carbocycles. The summed E-state index contributed by atoms with van der Waals surface area (Å²) in [5.41, 5.74) is 2.52. The number of nitrogens with one attached hydrogen (secondary N) is 1. The second kappa shape index (κ2) is 7.62. The highest BCUT2D eigenvalue weighted by Gasteiger charge is 2.23. The first-order valence-electron chi connectivity index (χ1n) is 8.56. The lowest BCUT2D eigenvalue weighted by Crippen LogP contribution is -2.12. The number of halogens is 2. The zero-order valence-electron chi connectivity index (χ0n) is 14.5. The van der Waals surface area contributed by atoms with Crippen LogP contribution in [-0.2, 0) is 6.42 Å². The van der Waals surface area contributed by atoms with E-state index in [0.717, 1.165) is 5.56 Å². The van der Waals surface area contributed by atoms with E-state index in [2.05, 4.69) is 10.3 Å². The van der Waals surface area contributed by atoms with Gasteiger partial charge in [0.15, 0.2) is 5.78 Å². The zero-order valence-corrected chi connectivity index (χ0v) is 16.1. The smallest absolute Gasteiger partial charge is 0.255 e. The lowest BCUT2D eigenvalue weighted by Gasteiger charge is -2.10. The van der Waals surface area contributed by atoms with Crippen LogP contribution in [0.1, 0.15) is 32.7 Å². The summed E-state index contributed by atoms with van der Waals surface area (Å²) in [7, 11) is 0. The van der Waals surface area contributed by atoms with Crippen molar-refractivity contribution in [3.63, 3.8) is 0 Å². The van der Waals surface area contributed by atoms with Crippen LogP contribution in [-0.4, -0.2) is 16.7 Å². The summed E-state index contributed by atoms with van der Waals surface area (Å²) in [6.07, 6.45) is 2.67. The molecule has 0 bridgehead atoms. The Kier molecular flexibility index (Phi) is 5.03. The molecule has 1 amide bonds. The van der Waals surface area contributed by atoms with Crippen LogP contribution in [0.3, 0.4) is 0 Å². The van der Waals surface area contributed by atoms with E-state index in [9.17, 15) is 9.59 Å². The highest BCUT2D eigenvalue weighted by Crippen LogP contribution is 2.33. The molecule has 0 fully saturated rings. The molecule has 2 aromatic carbocycles. The minimum Gasteiger partial charge on any atom is -0.439 e. The highest BCUT2D eigenvalue weighted by molar-refractivity contribution is 6.42.